The van der Waals surface area contributed by atoms with Gasteiger partial charge in [-0.1, -0.05) is 127 Å². The quantitative estimate of drug-likeness (QED) is 0.0892. The first-order chi connectivity index (χ1) is 26.6. The fraction of sp³-hybridized carbons (Fsp3) is 0.0851. The number of nitrogens with one attached hydrogen (secondary N) is 1. The van der Waals surface area contributed by atoms with E-state index in [1.807, 2.05) is 146 Å². The number of anilines is 2. The van der Waals surface area contributed by atoms with Crippen LogP contribution in [0.15, 0.2) is 193 Å². The average molecular weight is 730 g/mol. The molecule has 0 radical (unpaired) electrons. The van der Waals surface area contributed by atoms with Crippen LogP contribution in [0, 0.1) is 0 Å². The van der Waals surface area contributed by atoms with E-state index >= 15 is 0 Å². The van der Waals surface area contributed by atoms with Crippen molar-refractivity contribution in [2.75, 3.05) is 10.2 Å². The molecular weight excluding hydrogens is 690 g/mol. The molecule has 7 aromatic carbocycles. The molecule has 0 atom stereocenters. The van der Waals surface area contributed by atoms with E-state index in [0.29, 0.717) is 37.3 Å². The Hall–Kier alpha value is -6.50. The number of hydrogen-bond acceptors (Lipinski definition) is 4. The number of guanidine groups is 1. The van der Waals surface area contributed by atoms with Gasteiger partial charge in [-0.2, -0.15) is 0 Å². The van der Waals surface area contributed by atoms with Crippen LogP contribution in [-0.4, -0.2) is 5.96 Å². The third-order valence-electron chi connectivity index (χ3n) is 8.55. The third-order valence-corrected chi connectivity index (χ3v) is 8.80. The molecule has 0 unspecified atom stereocenters. The molecule has 0 aliphatic heterocycles. The largest absolute Gasteiger partial charge is 0.489 e. The smallest absolute Gasteiger partial charge is 0.208 e. The summed E-state index contributed by atoms with van der Waals surface area (Å²) in [7, 11) is 0. The second-order valence-electron chi connectivity index (χ2n) is 12.6. The Balaban J connectivity index is 1.21. The second-order valence-corrected chi connectivity index (χ2v) is 13.1. The minimum absolute atomic E-state index is 0.454. The Morgan fingerprint density at radius 3 is 1.57 bits per heavy atom. The van der Waals surface area contributed by atoms with E-state index in [0.717, 1.165) is 56.6 Å². The SMILES string of the molecule is Clc1ccc(CN(C(=Nc2ccc(OCc3ccccc3)cc2)Nc2cccc(OCc3ccccc3)c2)c2cccc(OCc3ccccc3)c2)cc1. The highest BCUT2D eigenvalue weighted by atomic mass is 35.5. The van der Waals surface area contributed by atoms with Gasteiger partial charge in [0.05, 0.1) is 12.2 Å². The lowest BCUT2D eigenvalue weighted by atomic mass is 10.2. The molecule has 0 heterocycles. The molecule has 0 aliphatic carbocycles. The van der Waals surface area contributed by atoms with Crippen LogP contribution in [0.25, 0.3) is 0 Å². The van der Waals surface area contributed by atoms with E-state index in [1.165, 1.54) is 0 Å². The number of aliphatic imine (C=N–C) groups is 1. The fourth-order valence-corrected chi connectivity index (χ4v) is 5.84. The zero-order valence-electron chi connectivity index (χ0n) is 29.7. The standard InChI is InChI=1S/C47H40ClN3O3/c48-40-24-22-36(23-25-40)32-51(43-19-11-21-46(31-43)54-35-39-16-8-3-9-17-39)47(49-41-26-28-44(29-27-41)52-33-37-12-4-1-5-13-37)50-42-18-10-20-45(30-42)53-34-38-14-6-2-7-15-38/h1-31H,32-35H2,(H,49,50). The monoisotopic (exact) mass is 729 g/mol. The van der Waals surface area contributed by atoms with Gasteiger partial charge in [0.15, 0.2) is 0 Å². The van der Waals surface area contributed by atoms with E-state index in [-0.39, 0.29) is 0 Å². The molecule has 6 nitrogen and oxygen atoms in total. The van der Waals surface area contributed by atoms with Gasteiger partial charge in [-0.15, -0.1) is 0 Å². The maximum absolute atomic E-state index is 6.31. The highest BCUT2D eigenvalue weighted by Gasteiger charge is 2.18. The maximum Gasteiger partial charge on any atom is 0.208 e. The van der Waals surface area contributed by atoms with Crippen molar-refractivity contribution in [3.8, 4) is 17.2 Å². The predicted octanol–water partition coefficient (Wildman–Crippen LogP) is 11.9. The van der Waals surface area contributed by atoms with Gasteiger partial charge < -0.3 is 24.4 Å². The lowest BCUT2D eigenvalue weighted by Gasteiger charge is -2.28. The van der Waals surface area contributed by atoms with E-state index in [4.69, 9.17) is 30.8 Å². The van der Waals surface area contributed by atoms with Crippen LogP contribution in [0.5, 0.6) is 17.2 Å². The Morgan fingerprint density at radius 1 is 0.481 bits per heavy atom. The number of hydrogen-bond donors (Lipinski definition) is 1. The molecule has 54 heavy (non-hydrogen) atoms. The molecule has 7 aromatic rings. The minimum atomic E-state index is 0.454. The van der Waals surface area contributed by atoms with Crippen LogP contribution in [0.3, 0.4) is 0 Å². The Morgan fingerprint density at radius 2 is 1.00 bits per heavy atom. The molecule has 1 N–H and O–H groups in total. The van der Waals surface area contributed by atoms with Crippen molar-refractivity contribution in [2.24, 2.45) is 4.99 Å². The van der Waals surface area contributed by atoms with E-state index in [9.17, 15) is 0 Å². The second kappa shape index (κ2) is 18.3. The summed E-state index contributed by atoms with van der Waals surface area (Å²) in [6, 6.07) is 62.1. The van der Waals surface area contributed by atoms with Crippen LogP contribution in [0.1, 0.15) is 22.3 Å². The molecule has 7 heteroatoms. The maximum atomic E-state index is 6.31. The van der Waals surface area contributed by atoms with Crippen molar-refractivity contribution in [1.29, 1.82) is 0 Å². The topological polar surface area (TPSA) is 55.3 Å². The van der Waals surface area contributed by atoms with Crippen LogP contribution < -0.4 is 24.4 Å². The molecule has 0 amide bonds. The third kappa shape index (κ3) is 10.5. The predicted molar refractivity (Wildman–Crippen MR) is 220 cm³/mol. The molecule has 268 valence electrons. The van der Waals surface area contributed by atoms with Crippen LogP contribution in [0.4, 0.5) is 17.1 Å². The molecule has 0 saturated heterocycles. The zero-order chi connectivity index (χ0) is 36.8. The molecule has 0 aliphatic rings. The fourth-order valence-electron chi connectivity index (χ4n) is 5.71. The summed E-state index contributed by atoms with van der Waals surface area (Å²) in [5.74, 6) is 2.84. The summed E-state index contributed by atoms with van der Waals surface area (Å²) in [6.07, 6.45) is 0. The number of halogens is 1. The lowest BCUT2D eigenvalue weighted by molar-refractivity contribution is 0.306. The van der Waals surface area contributed by atoms with E-state index < -0.39 is 0 Å². The summed E-state index contributed by atoms with van der Waals surface area (Å²) in [4.78, 5) is 7.35. The van der Waals surface area contributed by atoms with E-state index in [1.54, 1.807) is 0 Å². The summed E-state index contributed by atoms with van der Waals surface area (Å²) >= 11 is 6.31. The first kappa shape index (κ1) is 35.9. The van der Waals surface area contributed by atoms with Crippen LogP contribution in [0.2, 0.25) is 5.02 Å². The first-order valence-electron chi connectivity index (χ1n) is 17.8. The van der Waals surface area contributed by atoms with Crippen LogP contribution >= 0.6 is 11.6 Å². The van der Waals surface area contributed by atoms with Gasteiger partial charge >= 0.3 is 0 Å². The van der Waals surface area contributed by atoms with Crippen molar-refractivity contribution in [2.45, 2.75) is 26.4 Å². The lowest BCUT2D eigenvalue weighted by Crippen LogP contribution is -2.36. The number of ether oxygens (including phenoxy) is 3. The minimum Gasteiger partial charge on any atom is -0.489 e. The van der Waals surface area contributed by atoms with Crippen molar-refractivity contribution in [3.05, 3.63) is 215 Å². The van der Waals surface area contributed by atoms with Gasteiger partial charge in [0.25, 0.3) is 0 Å². The highest BCUT2D eigenvalue weighted by Crippen LogP contribution is 2.28. The molecular formula is C47H40ClN3O3. The zero-order valence-corrected chi connectivity index (χ0v) is 30.5. The van der Waals surface area contributed by atoms with Crippen LogP contribution in [-0.2, 0) is 26.4 Å². The van der Waals surface area contributed by atoms with Gasteiger partial charge in [-0.3, -0.25) is 0 Å². The van der Waals surface area contributed by atoms with Crippen molar-refractivity contribution in [1.82, 2.24) is 0 Å². The number of rotatable bonds is 14. The normalized spacial score (nSPS) is 11.1. The highest BCUT2D eigenvalue weighted by molar-refractivity contribution is 6.30. The summed E-state index contributed by atoms with van der Waals surface area (Å²) in [6.45, 7) is 1.89. The van der Waals surface area contributed by atoms with Crippen molar-refractivity contribution < 1.29 is 14.2 Å². The van der Waals surface area contributed by atoms with Gasteiger partial charge in [0, 0.05) is 28.5 Å². The molecule has 0 spiro atoms. The van der Waals surface area contributed by atoms with Gasteiger partial charge in [0.2, 0.25) is 5.96 Å². The average Bonchev–Trinajstić information content (AvgIpc) is 3.23. The Kier molecular flexibility index (Phi) is 12.2. The summed E-state index contributed by atoms with van der Waals surface area (Å²) in [5, 5.41) is 4.31. The van der Waals surface area contributed by atoms with E-state index in [2.05, 4.69) is 52.7 Å². The number of benzene rings is 7. The molecule has 0 fully saturated rings. The number of nitrogens with zero attached hydrogens (tertiary/aromatic N) is 2. The Bertz CT molecular complexity index is 2230. The first-order valence-corrected chi connectivity index (χ1v) is 18.2. The molecule has 0 aromatic heterocycles. The summed E-state index contributed by atoms with van der Waals surface area (Å²) < 4.78 is 18.5. The van der Waals surface area contributed by atoms with Gasteiger partial charge in [-0.05, 0) is 82.9 Å². The molecule has 7 rings (SSSR count). The van der Waals surface area contributed by atoms with Gasteiger partial charge in [-0.25, -0.2) is 4.99 Å². The van der Waals surface area contributed by atoms with Crippen molar-refractivity contribution >= 4 is 34.6 Å². The Labute approximate surface area is 321 Å². The molecule has 0 saturated carbocycles. The molecule has 0 bridgehead atoms. The summed E-state index contributed by atoms with van der Waals surface area (Å²) in [5.41, 5.74) is 6.80. The van der Waals surface area contributed by atoms with Crippen molar-refractivity contribution in [3.63, 3.8) is 0 Å². The van der Waals surface area contributed by atoms with Gasteiger partial charge in [0.1, 0.15) is 37.1 Å².